The zero-order valence-electron chi connectivity index (χ0n) is 84.0. The van der Waals surface area contributed by atoms with Crippen LogP contribution in [0.15, 0.2) is 405 Å². The fraction of sp³-hybridized carbons (Fsp3) is 0.237. The van der Waals surface area contributed by atoms with Crippen LogP contribution < -0.4 is 131 Å². The van der Waals surface area contributed by atoms with Crippen LogP contribution in [0.4, 0.5) is 32.3 Å². The van der Waals surface area contributed by atoms with Gasteiger partial charge >= 0.3 is 84.6 Å². The van der Waals surface area contributed by atoms with Crippen molar-refractivity contribution in [2.75, 3.05) is 36.8 Å². The van der Waals surface area contributed by atoms with E-state index in [4.69, 9.17) is 37.8 Å². The maximum atomic E-state index is 12.4. The average molecular weight is 2180 g/mol. The summed E-state index contributed by atoms with van der Waals surface area (Å²) in [5, 5.41) is 51.7. The summed E-state index contributed by atoms with van der Waals surface area (Å²) in [4.78, 5) is 57.7. The van der Waals surface area contributed by atoms with Crippen molar-refractivity contribution in [3.8, 4) is 0 Å². The van der Waals surface area contributed by atoms with Crippen molar-refractivity contribution in [3.63, 3.8) is 0 Å². The van der Waals surface area contributed by atoms with Gasteiger partial charge in [-0.25, -0.2) is 9.59 Å². The predicted molar refractivity (Wildman–Crippen MR) is 595 cm³/mol. The Morgan fingerprint density at radius 2 is 0.486 bits per heavy atom. The molecular weight excluding hydrogens is 2060 g/mol. The van der Waals surface area contributed by atoms with Crippen LogP contribution >= 0.6 is 47.6 Å². The van der Waals surface area contributed by atoms with E-state index in [0.717, 1.165) is 32.6 Å². The number of aliphatic carboxylic acids is 1. The number of carboxylic acid groups (broad SMARTS) is 1. The maximum absolute atomic E-state index is 12.4. The molecule has 14 aromatic carbocycles. The minimum Gasteiger partial charge on any atom is -0.481 e. The Morgan fingerprint density at radius 1 is 0.312 bits per heavy atom. The van der Waals surface area contributed by atoms with Gasteiger partial charge in [0.15, 0.2) is 0 Å². The number of nitro benzene ring substituents is 2. The predicted octanol–water partition coefficient (Wildman–Crippen LogP) is 18.6. The smallest absolute Gasteiger partial charge is 0.481 e. The number of nitro groups is 2. The first-order chi connectivity index (χ1) is 68.1. The number of likely N-dealkylation sites (tertiary alicyclic amines) is 2. The fourth-order valence-corrected chi connectivity index (χ4v) is 25.2. The second kappa shape index (κ2) is 55.9. The SMILES string of the molecule is CC(=O)O.CC1(C)OB(B2OC(C)(C)C(C)(C)O2)OC1(C)C.CC1(C)OB(c2ccc([N+](=O)[O-])c(NC(=O)N3CCCC3)c2)OC1(C)C.O=C(Nc1cc(Br)ccc1[N+](=O)[O-])N1CCCC1.[K+].[Pd].c1ccc(P(c2ccccc2)c2ccccc2)cc1.c1ccc(P(c2ccccc2)c2ccccc2)cc1.c1ccc(P(c2ccccc2)c2ccccc2)cc1.c1ccc(P(c2ccccc2)c2ccccc2)cc1. The Hall–Kier alpha value is -9.66. The summed E-state index contributed by atoms with van der Waals surface area (Å²) in [6, 6.07) is 138. The molecule has 5 saturated heterocycles. The molecule has 0 spiro atoms. The third-order valence-electron chi connectivity index (χ3n) is 25.1. The van der Waals surface area contributed by atoms with Crippen LogP contribution in [0, 0.1) is 20.2 Å². The summed E-state index contributed by atoms with van der Waals surface area (Å²) in [5.41, 5.74) is -1.73. The number of nitrogens with one attached hydrogen (secondary N) is 2. The number of carboxylic acids is 1. The summed E-state index contributed by atoms with van der Waals surface area (Å²) in [6.45, 7) is 27.8. The molecule has 0 atom stereocenters. The van der Waals surface area contributed by atoms with Crippen LogP contribution in [0.3, 0.4) is 0 Å². The van der Waals surface area contributed by atoms with E-state index in [0.29, 0.717) is 36.1 Å². The molecule has 5 aliphatic rings. The number of hydrogen-bond donors (Lipinski definition) is 3. The van der Waals surface area contributed by atoms with Gasteiger partial charge in [0, 0.05) is 70.1 Å². The van der Waals surface area contributed by atoms with E-state index >= 15 is 0 Å². The molecule has 0 saturated carbocycles. The molecule has 144 heavy (non-hydrogen) atoms. The first kappa shape index (κ1) is 116. The number of anilines is 2. The monoisotopic (exact) mass is 2180 g/mol. The normalized spacial score (nSPS) is 15.4. The minimum atomic E-state index is -0.833. The number of carbonyl (C=O) groups is 3. The Balaban J connectivity index is 0.000000171. The van der Waals surface area contributed by atoms with Gasteiger partial charge in [-0.1, -0.05) is 386 Å². The van der Waals surface area contributed by atoms with Gasteiger partial charge in [0.2, 0.25) is 0 Å². The number of carbonyl (C=O) groups excluding carboxylic acids is 2. The van der Waals surface area contributed by atoms with Gasteiger partial charge in [-0.15, -0.1) is 0 Å². The standard InChI is InChI=1S/4C18H15P.C17H24BN3O5.C12H24B2O4.C11H12BrN3O3.C2H4O2.K.Pd/c4*1-4-10-16(11-5-1)19(17-12-6-2-7-13-17)18-14-8-3-9-15-18;1-16(2)17(3,4)26-18(25-16)12-7-8-14(21(23)24)13(11-12)19-15(22)20-9-5-6-10-20;1-9(2)10(3,4)16-13(15-9)14-17-11(5,6)12(7,8)18-14;12-8-3-4-10(15(17)18)9(7-8)13-11(16)14-5-1-2-6-14;1-2(3)4;;/h4*1-15H;7-8,11H,5-6,9-10H2,1-4H3,(H,19,22);1-8H3;3-4,7H,1-2,5-6H2,(H,13,16);1H3,(H,3,4);;/q;;;;;;;;+1;. The Morgan fingerprint density at radius 3 is 0.674 bits per heavy atom. The molecule has 0 aromatic heterocycles. The third kappa shape index (κ3) is 32.9. The molecular formula is C114H124B3BrKN6O14P4Pd+. The largest absolute Gasteiger partial charge is 1.00 e. The van der Waals surface area contributed by atoms with Gasteiger partial charge in [0.05, 0.1) is 43.5 Å². The second-order valence-corrected chi connectivity index (χ2v) is 46.7. The Bertz CT molecular complexity index is 5380. The van der Waals surface area contributed by atoms with Crippen molar-refractivity contribution in [2.45, 2.75) is 149 Å². The van der Waals surface area contributed by atoms with Crippen molar-refractivity contribution in [3.05, 3.63) is 425 Å². The number of benzene rings is 14. The van der Waals surface area contributed by atoms with Gasteiger partial charge < -0.3 is 53.5 Å². The van der Waals surface area contributed by atoms with Crippen molar-refractivity contribution < 1.29 is 129 Å². The molecule has 4 amide bonds. The first-order valence-electron chi connectivity index (χ1n) is 47.5. The Kier molecular flexibility index (Phi) is 45.2. The van der Waals surface area contributed by atoms with Crippen molar-refractivity contribution in [1.82, 2.24) is 9.80 Å². The number of urea groups is 2. The van der Waals surface area contributed by atoms with Gasteiger partial charge in [-0.2, -0.15) is 0 Å². The molecule has 5 fully saturated rings. The van der Waals surface area contributed by atoms with Crippen LogP contribution in [0.1, 0.15) is 116 Å². The maximum Gasteiger partial charge on any atom is 1.00 e. The summed E-state index contributed by atoms with van der Waals surface area (Å²) in [6.07, 6.45) is 3.86. The summed E-state index contributed by atoms with van der Waals surface area (Å²) >= 11 is 3.23. The fourth-order valence-electron chi connectivity index (χ4n) is 15.6. The number of halogens is 1. The molecule has 30 heteroatoms. The number of rotatable bonds is 18. The summed E-state index contributed by atoms with van der Waals surface area (Å²) in [5.74, 6) is -0.833. The molecule has 740 valence electrons. The molecule has 20 nitrogen and oxygen atoms in total. The van der Waals surface area contributed by atoms with Crippen LogP contribution in [-0.4, -0.2) is 124 Å². The second-order valence-electron chi connectivity index (χ2n) is 36.9. The van der Waals surface area contributed by atoms with Gasteiger partial charge in [-0.3, -0.25) is 25.0 Å². The van der Waals surface area contributed by atoms with Crippen molar-refractivity contribution in [2.24, 2.45) is 0 Å². The van der Waals surface area contributed by atoms with E-state index < -0.39 is 79.8 Å². The van der Waals surface area contributed by atoms with E-state index in [-0.39, 0.29) is 129 Å². The zero-order chi connectivity index (χ0) is 101. The summed E-state index contributed by atoms with van der Waals surface area (Å²) < 4.78 is 36.5. The molecule has 0 bridgehead atoms. The molecule has 14 aromatic rings. The van der Waals surface area contributed by atoms with Crippen LogP contribution in [0.2, 0.25) is 0 Å². The van der Waals surface area contributed by atoms with Crippen LogP contribution in [-0.2, 0) is 53.1 Å². The molecule has 0 aliphatic carbocycles. The first-order valence-corrected chi connectivity index (χ1v) is 53.7. The average Bonchev–Trinajstić information content (AvgIpc) is 1.59. The van der Waals surface area contributed by atoms with Gasteiger partial charge in [-0.05, 0) is 228 Å². The van der Waals surface area contributed by atoms with E-state index in [1.807, 2.05) is 83.1 Å². The van der Waals surface area contributed by atoms with E-state index in [9.17, 15) is 29.8 Å². The molecule has 5 aliphatic heterocycles. The van der Waals surface area contributed by atoms with Crippen molar-refractivity contribution >= 4 is 179 Å². The van der Waals surface area contributed by atoms with Crippen LogP contribution in [0.5, 0.6) is 0 Å². The van der Waals surface area contributed by atoms with Crippen molar-refractivity contribution in [1.29, 1.82) is 0 Å². The number of hydrogen-bond acceptors (Lipinski definition) is 13. The molecule has 0 radical (unpaired) electrons. The quantitative estimate of drug-likeness (QED) is 0.0313. The third-order valence-corrected chi connectivity index (χ3v) is 35.4. The van der Waals surface area contributed by atoms with Crippen LogP contribution in [0.25, 0.3) is 0 Å². The molecule has 19 rings (SSSR count). The molecule has 5 heterocycles. The van der Waals surface area contributed by atoms with Gasteiger partial charge in [0.25, 0.3) is 17.3 Å². The number of nitrogens with zero attached hydrogens (tertiary/aromatic N) is 4. The summed E-state index contributed by atoms with van der Waals surface area (Å²) in [7, 11) is -3.39. The van der Waals surface area contributed by atoms with Gasteiger partial charge in [0.1, 0.15) is 11.4 Å². The minimum absolute atomic E-state index is 0. The van der Waals surface area contributed by atoms with E-state index in [1.165, 1.54) is 81.9 Å². The number of amides is 4. The Labute approximate surface area is 919 Å². The molecule has 0 unspecified atom stereocenters. The van der Waals surface area contributed by atoms with E-state index in [1.54, 1.807) is 28.0 Å². The zero-order valence-corrected chi connectivity index (χ0v) is 93.9. The topological polar surface area (TPSA) is 244 Å². The molecule has 3 N–H and O–H groups in total. The van der Waals surface area contributed by atoms with E-state index in [2.05, 4.69) is 391 Å².